The van der Waals surface area contributed by atoms with Gasteiger partial charge in [-0.05, 0) is 37.7 Å². The van der Waals surface area contributed by atoms with Crippen molar-refractivity contribution in [2.45, 2.75) is 6.42 Å². The van der Waals surface area contributed by atoms with Gasteiger partial charge in [-0.3, -0.25) is 4.79 Å². The lowest BCUT2D eigenvalue weighted by atomic mass is 10.1. The maximum atomic E-state index is 12.4. The minimum Gasteiger partial charge on any atom is -0.399 e. The largest absolute Gasteiger partial charge is 0.399 e. The Kier molecular flexibility index (Phi) is 5.12. The third-order valence-electron chi connectivity index (χ3n) is 3.47. The number of carbonyl (C=O) groups is 1. The highest BCUT2D eigenvalue weighted by atomic mass is 16.6. The van der Waals surface area contributed by atoms with Crippen molar-refractivity contribution in [2.75, 3.05) is 40.3 Å². The quantitative estimate of drug-likeness (QED) is 0.619. The topological polar surface area (TPSA) is 45.1 Å². The Morgan fingerprint density at radius 3 is 2.65 bits per heavy atom. The maximum absolute atomic E-state index is 12.4. The number of rotatable bonds is 3. The van der Waals surface area contributed by atoms with Crippen molar-refractivity contribution < 1.29 is 9.63 Å². The van der Waals surface area contributed by atoms with Gasteiger partial charge in [0.15, 0.2) is 0 Å². The molecule has 0 saturated carbocycles. The van der Waals surface area contributed by atoms with Gasteiger partial charge in [0.25, 0.3) is 5.91 Å². The van der Waals surface area contributed by atoms with Crippen molar-refractivity contribution in [2.24, 2.45) is 5.16 Å². The second kappa shape index (κ2) is 7.05. The summed E-state index contributed by atoms with van der Waals surface area (Å²) in [5.41, 5.74) is 1.64. The van der Waals surface area contributed by atoms with Gasteiger partial charge in [0, 0.05) is 25.2 Å². The number of hydrogen-bond donors (Lipinski definition) is 0. The van der Waals surface area contributed by atoms with Gasteiger partial charge >= 0.3 is 0 Å². The predicted molar refractivity (Wildman–Crippen MR) is 79.1 cm³/mol. The van der Waals surface area contributed by atoms with E-state index >= 15 is 0 Å². The summed E-state index contributed by atoms with van der Waals surface area (Å²) in [5.74, 6) is 0.107. The van der Waals surface area contributed by atoms with Crippen LogP contribution in [0.2, 0.25) is 0 Å². The molecule has 1 heterocycles. The van der Waals surface area contributed by atoms with E-state index in [-0.39, 0.29) is 5.91 Å². The zero-order valence-electron chi connectivity index (χ0n) is 12.1. The van der Waals surface area contributed by atoms with E-state index in [1.165, 1.54) is 7.11 Å². The SMILES string of the molecule is CO/N=C/c1ccc(C(=O)N2CCCN(C)CC2)cc1. The normalized spacial score (nSPS) is 17.2. The van der Waals surface area contributed by atoms with Crippen LogP contribution in [0.25, 0.3) is 0 Å². The molecule has 0 atom stereocenters. The van der Waals surface area contributed by atoms with Crippen LogP contribution in [0.15, 0.2) is 29.4 Å². The number of amides is 1. The summed E-state index contributed by atoms with van der Waals surface area (Å²) >= 11 is 0. The molecule has 0 radical (unpaired) electrons. The van der Waals surface area contributed by atoms with Gasteiger partial charge in [0.2, 0.25) is 0 Å². The summed E-state index contributed by atoms with van der Waals surface area (Å²) in [6.45, 7) is 3.61. The first kappa shape index (κ1) is 14.5. The second-order valence-electron chi connectivity index (χ2n) is 4.99. The minimum atomic E-state index is 0.107. The van der Waals surface area contributed by atoms with Gasteiger partial charge in [0.1, 0.15) is 7.11 Å². The zero-order valence-corrected chi connectivity index (χ0v) is 12.1. The average molecular weight is 275 g/mol. The lowest BCUT2D eigenvalue weighted by molar-refractivity contribution is 0.0763. The summed E-state index contributed by atoms with van der Waals surface area (Å²) in [7, 11) is 3.60. The van der Waals surface area contributed by atoms with Crippen molar-refractivity contribution in [3.8, 4) is 0 Å². The second-order valence-corrected chi connectivity index (χ2v) is 4.99. The van der Waals surface area contributed by atoms with E-state index in [9.17, 15) is 4.79 Å². The number of carbonyl (C=O) groups excluding carboxylic acids is 1. The van der Waals surface area contributed by atoms with Gasteiger partial charge in [-0.25, -0.2) is 0 Å². The van der Waals surface area contributed by atoms with Crippen LogP contribution < -0.4 is 0 Å². The fourth-order valence-electron chi connectivity index (χ4n) is 2.26. The molecule has 1 aliphatic rings. The molecule has 108 valence electrons. The Morgan fingerprint density at radius 2 is 1.95 bits per heavy atom. The Hall–Kier alpha value is -1.88. The van der Waals surface area contributed by atoms with Crippen LogP contribution in [0.1, 0.15) is 22.3 Å². The average Bonchev–Trinajstić information content (AvgIpc) is 2.70. The molecule has 1 saturated heterocycles. The molecule has 1 aromatic carbocycles. The lowest BCUT2D eigenvalue weighted by Gasteiger charge is -2.20. The highest BCUT2D eigenvalue weighted by molar-refractivity contribution is 5.95. The Morgan fingerprint density at radius 1 is 1.20 bits per heavy atom. The first-order valence-electron chi connectivity index (χ1n) is 6.85. The maximum Gasteiger partial charge on any atom is 0.253 e. The van der Waals surface area contributed by atoms with E-state index in [2.05, 4.69) is 21.9 Å². The highest BCUT2D eigenvalue weighted by Crippen LogP contribution is 2.09. The summed E-state index contributed by atoms with van der Waals surface area (Å²) in [6, 6.07) is 7.43. The van der Waals surface area contributed by atoms with Gasteiger partial charge in [0.05, 0.1) is 6.21 Å². The Labute approximate surface area is 119 Å². The third-order valence-corrected chi connectivity index (χ3v) is 3.47. The molecule has 0 aromatic heterocycles. The minimum absolute atomic E-state index is 0.107. The van der Waals surface area contributed by atoms with Crippen LogP contribution in [-0.2, 0) is 4.84 Å². The first-order chi connectivity index (χ1) is 9.70. The Bertz CT molecular complexity index is 471. The molecule has 1 aliphatic heterocycles. The monoisotopic (exact) mass is 275 g/mol. The summed E-state index contributed by atoms with van der Waals surface area (Å²) in [6.07, 6.45) is 2.65. The number of hydrogen-bond acceptors (Lipinski definition) is 4. The molecule has 0 aliphatic carbocycles. The molecular weight excluding hydrogens is 254 g/mol. The molecule has 5 nitrogen and oxygen atoms in total. The number of benzene rings is 1. The van der Waals surface area contributed by atoms with Crippen molar-refractivity contribution >= 4 is 12.1 Å². The smallest absolute Gasteiger partial charge is 0.253 e. The number of likely N-dealkylation sites (N-methyl/N-ethyl adjacent to an activating group) is 1. The molecule has 20 heavy (non-hydrogen) atoms. The van der Waals surface area contributed by atoms with Crippen LogP contribution in [-0.4, -0.2) is 62.3 Å². The van der Waals surface area contributed by atoms with Crippen LogP contribution >= 0.6 is 0 Å². The fourth-order valence-corrected chi connectivity index (χ4v) is 2.26. The fraction of sp³-hybridized carbons (Fsp3) is 0.467. The molecule has 0 N–H and O–H groups in total. The summed E-state index contributed by atoms with van der Waals surface area (Å²) < 4.78 is 0. The molecular formula is C15H21N3O2. The molecule has 1 fully saturated rings. The van der Waals surface area contributed by atoms with Crippen LogP contribution in [0.3, 0.4) is 0 Å². The van der Waals surface area contributed by atoms with E-state index < -0.39 is 0 Å². The van der Waals surface area contributed by atoms with Crippen molar-refractivity contribution in [3.63, 3.8) is 0 Å². The van der Waals surface area contributed by atoms with Crippen LogP contribution in [0, 0.1) is 0 Å². The van der Waals surface area contributed by atoms with Crippen molar-refractivity contribution in [1.82, 2.24) is 9.80 Å². The molecule has 0 unspecified atom stereocenters. The number of nitrogens with zero attached hydrogens (tertiary/aromatic N) is 3. The van der Waals surface area contributed by atoms with Crippen molar-refractivity contribution in [1.29, 1.82) is 0 Å². The zero-order chi connectivity index (χ0) is 14.4. The van der Waals surface area contributed by atoms with E-state index in [0.29, 0.717) is 0 Å². The predicted octanol–water partition coefficient (Wildman–Crippen LogP) is 1.44. The molecule has 0 spiro atoms. The number of oxime groups is 1. The third kappa shape index (κ3) is 3.81. The highest BCUT2D eigenvalue weighted by Gasteiger charge is 2.18. The molecule has 1 amide bonds. The van der Waals surface area contributed by atoms with Crippen LogP contribution in [0.4, 0.5) is 0 Å². The van der Waals surface area contributed by atoms with E-state index in [0.717, 1.165) is 43.7 Å². The van der Waals surface area contributed by atoms with E-state index in [1.807, 2.05) is 29.2 Å². The summed E-state index contributed by atoms with van der Waals surface area (Å²) in [4.78, 5) is 21.3. The van der Waals surface area contributed by atoms with E-state index in [1.54, 1.807) is 6.21 Å². The lowest BCUT2D eigenvalue weighted by Crippen LogP contribution is -2.34. The first-order valence-corrected chi connectivity index (χ1v) is 6.85. The van der Waals surface area contributed by atoms with E-state index in [4.69, 9.17) is 0 Å². The molecule has 1 aromatic rings. The molecule has 0 bridgehead atoms. The Balaban J connectivity index is 2.03. The van der Waals surface area contributed by atoms with Gasteiger partial charge < -0.3 is 14.6 Å². The summed E-state index contributed by atoms with van der Waals surface area (Å²) in [5, 5.41) is 3.70. The van der Waals surface area contributed by atoms with Crippen molar-refractivity contribution in [3.05, 3.63) is 35.4 Å². The molecule has 2 rings (SSSR count). The van der Waals surface area contributed by atoms with Crippen LogP contribution in [0.5, 0.6) is 0 Å². The standard InChI is InChI=1S/C15H21N3O2/c1-17-8-3-9-18(11-10-17)15(19)14-6-4-13(5-7-14)12-16-20-2/h4-7,12H,3,8-11H2,1-2H3/b16-12+. The van der Waals surface area contributed by atoms with Gasteiger partial charge in [-0.1, -0.05) is 17.3 Å². The molecule has 5 heteroatoms. The van der Waals surface area contributed by atoms with Gasteiger partial charge in [-0.2, -0.15) is 0 Å². The van der Waals surface area contributed by atoms with Gasteiger partial charge in [-0.15, -0.1) is 0 Å².